The van der Waals surface area contributed by atoms with Crippen LogP contribution in [0.2, 0.25) is 0 Å². The zero-order valence-electron chi connectivity index (χ0n) is 8.37. The Kier molecular flexibility index (Phi) is 3.77. The quantitative estimate of drug-likeness (QED) is 0.592. The summed E-state index contributed by atoms with van der Waals surface area (Å²) in [7, 11) is 0. The van der Waals surface area contributed by atoms with Gasteiger partial charge in [-0.25, -0.2) is 14.0 Å². The van der Waals surface area contributed by atoms with E-state index in [1.165, 1.54) is 0 Å². The van der Waals surface area contributed by atoms with Gasteiger partial charge >= 0.3 is 11.9 Å². The molecule has 0 heterocycles. The molecule has 1 rings (SSSR count). The molecule has 92 valence electrons. The fourth-order valence-electron chi connectivity index (χ4n) is 1.28. The number of aliphatic carboxylic acids is 1. The van der Waals surface area contributed by atoms with Crippen molar-refractivity contribution in [3.05, 3.63) is 35.1 Å². The molecule has 4 N–H and O–H groups in total. The van der Waals surface area contributed by atoms with E-state index in [1.54, 1.807) is 0 Å². The Hall–Kier alpha value is -1.99. The summed E-state index contributed by atoms with van der Waals surface area (Å²) in [5.41, 5.74) is -0.966. The van der Waals surface area contributed by atoms with Crippen LogP contribution in [0.1, 0.15) is 22.0 Å². The molecule has 2 unspecified atom stereocenters. The maximum atomic E-state index is 12.9. The number of carboxylic acid groups (broad SMARTS) is 2. The molecule has 17 heavy (non-hydrogen) atoms. The largest absolute Gasteiger partial charge is 0.479 e. The Bertz CT molecular complexity index is 458. The summed E-state index contributed by atoms with van der Waals surface area (Å²) in [5.74, 6) is -4.05. The van der Waals surface area contributed by atoms with Crippen molar-refractivity contribution in [1.29, 1.82) is 0 Å². The minimum atomic E-state index is -2.23. The van der Waals surface area contributed by atoms with E-state index < -0.39 is 41.1 Å². The van der Waals surface area contributed by atoms with Crippen molar-refractivity contribution < 1.29 is 34.4 Å². The second-order valence-corrected chi connectivity index (χ2v) is 3.26. The lowest BCUT2D eigenvalue weighted by atomic mass is 9.98. The third-order valence-electron chi connectivity index (χ3n) is 2.11. The summed E-state index contributed by atoms with van der Waals surface area (Å²) in [6.07, 6.45) is -4.25. The molecule has 0 bridgehead atoms. The lowest BCUT2D eigenvalue weighted by Crippen LogP contribution is -2.28. The van der Waals surface area contributed by atoms with Gasteiger partial charge in [0, 0.05) is 5.56 Å². The third-order valence-corrected chi connectivity index (χ3v) is 2.11. The number of hydrogen-bond acceptors (Lipinski definition) is 4. The fraction of sp³-hybridized carbons (Fsp3) is 0.200. The maximum absolute atomic E-state index is 12.9. The van der Waals surface area contributed by atoms with Crippen LogP contribution in [-0.2, 0) is 4.79 Å². The van der Waals surface area contributed by atoms with Crippen LogP contribution >= 0.6 is 0 Å². The highest BCUT2D eigenvalue weighted by atomic mass is 19.1. The smallest absolute Gasteiger partial charge is 0.336 e. The predicted octanol–water partition coefficient (Wildman–Crippen LogP) is 0.00280. The summed E-state index contributed by atoms with van der Waals surface area (Å²) >= 11 is 0. The number of carbonyl (C=O) groups is 2. The molecular formula is C10H9FO6. The molecule has 0 aliphatic heterocycles. The van der Waals surface area contributed by atoms with E-state index in [2.05, 4.69) is 0 Å². The Labute approximate surface area is 94.6 Å². The summed E-state index contributed by atoms with van der Waals surface area (Å²) in [6, 6.07) is 2.40. The molecule has 0 aliphatic rings. The first kappa shape index (κ1) is 13.1. The highest BCUT2D eigenvalue weighted by Gasteiger charge is 2.28. The Morgan fingerprint density at radius 2 is 1.76 bits per heavy atom. The summed E-state index contributed by atoms with van der Waals surface area (Å²) in [4.78, 5) is 21.2. The second kappa shape index (κ2) is 4.89. The van der Waals surface area contributed by atoms with Crippen LogP contribution < -0.4 is 0 Å². The SMILES string of the molecule is O=C(O)c1ccc(F)cc1C(O)C(O)C(=O)O. The normalized spacial score (nSPS) is 14.1. The van der Waals surface area contributed by atoms with Gasteiger partial charge in [-0.2, -0.15) is 0 Å². The van der Waals surface area contributed by atoms with Gasteiger partial charge in [-0.05, 0) is 18.2 Å². The van der Waals surface area contributed by atoms with Gasteiger partial charge in [-0.1, -0.05) is 0 Å². The van der Waals surface area contributed by atoms with Gasteiger partial charge in [0.05, 0.1) is 5.56 Å². The lowest BCUT2D eigenvalue weighted by Gasteiger charge is -2.16. The number of aromatic carboxylic acids is 1. The highest BCUT2D eigenvalue weighted by molar-refractivity contribution is 5.90. The first-order valence-electron chi connectivity index (χ1n) is 4.46. The lowest BCUT2D eigenvalue weighted by molar-refractivity contribution is -0.153. The van der Waals surface area contributed by atoms with Gasteiger partial charge in [-0.3, -0.25) is 0 Å². The van der Waals surface area contributed by atoms with Crippen LogP contribution in [0.5, 0.6) is 0 Å². The average molecular weight is 244 g/mol. The van der Waals surface area contributed by atoms with Crippen molar-refractivity contribution >= 4 is 11.9 Å². The Morgan fingerprint density at radius 1 is 1.18 bits per heavy atom. The number of aliphatic hydroxyl groups is 2. The predicted molar refractivity (Wildman–Crippen MR) is 52.0 cm³/mol. The van der Waals surface area contributed by atoms with Gasteiger partial charge in [-0.15, -0.1) is 0 Å². The monoisotopic (exact) mass is 244 g/mol. The van der Waals surface area contributed by atoms with Gasteiger partial charge in [0.2, 0.25) is 0 Å². The molecule has 2 atom stereocenters. The number of carboxylic acids is 2. The van der Waals surface area contributed by atoms with Crippen LogP contribution in [0.25, 0.3) is 0 Å². The molecule has 0 spiro atoms. The molecule has 0 aromatic heterocycles. The van der Waals surface area contributed by atoms with Crippen molar-refractivity contribution in [3.63, 3.8) is 0 Å². The standard InChI is InChI=1S/C10H9FO6/c11-4-1-2-5(9(14)15)6(3-4)7(12)8(13)10(16)17/h1-3,7-8,12-13H,(H,14,15)(H,16,17). The molecule has 6 nitrogen and oxygen atoms in total. The van der Waals surface area contributed by atoms with Crippen molar-refractivity contribution in [2.45, 2.75) is 12.2 Å². The van der Waals surface area contributed by atoms with Gasteiger partial charge in [0.1, 0.15) is 11.9 Å². The van der Waals surface area contributed by atoms with E-state index in [-0.39, 0.29) is 0 Å². The maximum Gasteiger partial charge on any atom is 0.336 e. The summed E-state index contributed by atoms with van der Waals surface area (Å²) < 4.78 is 12.9. The summed E-state index contributed by atoms with van der Waals surface area (Å²) in [6.45, 7) is 0. The van der Waals surface area contributed by atoms with Crippen LogP contribution in [0.4, 0.5) is 4.39 Å². The first-order chi connectivity index (χ1) is 7.84. The van der Waals surface area contributed by atoms with E-state index in [4.69, 9.17) is 15.3 Å². The highest BCUT2D eigenvalue weighted by Crippen LogP contribution is 2.22. The molecule has 0 aliphatic carbocycles. The first-order valence-corrected chi connectivity index (χ1v) is 4.46. The van der Waals surface area contributed by atoms with Gasteiger partial charge in [0.25, 0.3) is 0 Å². The van der Waals surface area contributed by atoms with Gasteiger partial charge < -0.3 is 20.4 Å². The van der Waals surface area contributed by atoms with Crippen LogP contribution in [0.15, 0.2) is 18.2 Å². The molecular weight excluding hydrogens is 235 g/mol. The molecule has 0 saturated heterocycles. The van der Waals surface area contributed by atoms with Gasteiger partial charge in [0.15, 0.2) is 6.10 Å². The van der Waals surface area contributed by atoms with Crippen molar-refractivity contribution in [3.8, 4) is 0 Å². The van der Waals surface area contributed by atoms with E-state index in [0.717, 1.165) is 12.1 Å². The average Bonchev–Trinajstić information content (AvgIpc) is 2.26. The van der Waals surface area contributed by atoms with Crippen molar-refractivity contribution in [1.82, 2.24) is 0 Å². The molecule has 0 saturated carbocycles. The number of benzene rings is 1. The van der Waals surface area contributed by atoms with Crippen LogP contribution in [0.3, 0.4) is 0 Å². The minimum Gasteiger partial charge on any atom is -0.479 e. The molecule has 0 fully saturated rings. The van der Waals surface area contributed by atoms with E-state index in [9.17, 15) is 19.1 Å². The Morgan fingerprint density at radius 3 is 2.24 bits per heavy atom. The van der Waals surface area contributed by atoms with E-state index in [0.29, 0.717) is 6.07 Å². The number of hydrogen-bond donors (Lipinski definition) is 4. The van der Waals surface area contributed by atoms with Crippen molar-refractivity contribution in [2.75, 3.05) is 0 Å². The fourth-order valence-corrected chi connectivity index (χ4v) is 1.28. The number of rotatable bonds is 4. The molecule has 7 heteroatoms. The van der Waals surface area contributed by atoms with Crippen LogP contribution in [0, 0.1) is 5.82 Å². The van der Waals surface area contributed by atoms with Crippen molar-refractivity contribution in [2.24, 2.45) is 0 Å². The number of halogens is 1. The van der Waals surface area contributed by atoms with E-state index in [1.807, 2.05) is 0 Å². The number of aliphatic hydroxyl groups excluding tert-OH is 2. The molecule has 0 amide bonds. The van der Waals surface area contributed by atoms with Crippen LogP contribution in [-0.4, -0.2) is 38.5 Å². The Balaban J connectivity index is 3.23. The third kappa shape index (κ3) is 2.77. The molecule has 0 radical (unpaired) electrons. The van der Waals surface area contributed by atoms with E-state index >= 15 is 0 Å². The topological polar surface area (TPSA) is 115 Å². The minimum absolute atomic E-state index is 0.473. The zero-order chi connectivity index (χ0) is 13.2. The second-order valence-electron chi connectivity index (χ2n) is 3.26. The molecule has 1 aromatic rings. The molecule has 1 aromatic carbocycles. The summed E-state index contributed by atoms with van der Waals surface area (Å²) in [5, 5.41) is 35.8. The zero-order valence-corrected chi connectivity index (χ0v) is 8.37.